The summed E-state index contributed by atoms with van der Waals surface area (Å²) in [6.07, 6.45) is -4.40. The number of aromatic nitrogens is 3. The van der Waals surface area contributed by atoms with E-state index in [0.29, 0.717) is 11.3 Å². The summed E-state index contributed by atoms with van der Waals surface area (Å²) >= 11 is 0. The van der Waals surface area contributed by atoms with Crippen LogP contribution < -0.4 is 10.1 Å². The lowest BCUT2D eigenvalue weighted by Gasteiger charge is -2.07. The van der Waals surface area contributed by atoms with E-state index in [4.69, 9.17) is 4.74 Å². The molecule has 5 nitrogen and oxygen atoms in total. The predicted octanol–water partition coefficient (Wildman–Crippen LogP) is 4.24. The Balaban J connectivity index is 1.80. The number of aromatic amines is 1. The van der Waals surface area contributed by atoms with Crippen molar-refractivity contribution in [3.05, 3.63) is 54.1 Å². The number of nitrogens with one attached hydrogen (secondary N) is 2. The third kappa shape index (κ3) is 3.48. The molecule has 2 aromatic carbocycles. The summed E-state index contributed by atoms with van der Waals surface area (Å²) in [6.45, 7) is 0. The quantitative estimate of drug-likeness (QED) is 0.749. The molecule has 124 valence electrons. The number of ether oxygens (including phenoxy) is 1. The van der Waals surface area contributed by atoms with Gasteiger partial charge in [0.2, 0.25) is 5.95 Å². The van der Waals surface area contributed by atoms with Crippen molar-refractivity contribution < 1.29 is 17.9 Å². The second kappa shape index (κ2) is 6.23. The number of methoxy groups -OCH3 is 1. The molecule has 0 amide bonds. The van der Waals surface area contributed by atoms with Crippen LogP contribution in [0.3, 0.4) is 0 Å². The standard InChI is InChI=1S/C16H13F3N4O/c1-24-13-7-5-12(6-8-13)20-15-21-14(22-23-15)10-3-2-4-11(9-10)16(17,18)19/h2-9H,1H3,(H2,20,21,22,23). The van der Waals surface area contributed by atoms with E-state index in [1.807, 2.05) is 0 Å². The van der Waals surface area contributed by atoms with Crippen LogP contribution in [0.1, 0.15) is 5.56 Å². The van der Waals surface area contributed by atoms with Crippen molar-refractivity contribution >= 4 is 11.6 Å². The molecule has 0 aliphatic carbocycles. The highest BCUT2D eigenvalue weighted by atomic mass is 19.4. The summed E-state index contributed by atoms with van der Waals surface area (Å²) < 4.78 is 43.4. The van der Waals surface area contributed by atoms with Crippen LogP contribution >= 0.6 is 0 Å². The molecule has 0 saturated heterocycles. The van der Waals surface area contributed by atoms with Gasteiger partial charge in [-0.25, -0.2) is 0 Å². The monoisotopic (exact) mass is 334 g/mol. The van der Waals surface area contributed by atoms with Crippen LogP contribution in [-0.4, -0.2) is 22.3 Å². The van der Waals surface area contributed by atoms with Gasteiger partial charge in [0, 0.05) is 11.3 Å². The molecule has 0 aliphatic rings. The van der Waals surface area contributed by atoms with E-state index in [1.165, 1.54) is 12.1 Å². The minimum atomic E-state index is -4.40. The zero-order valence-corrected chi connectivity index (χ0v) is 12.6. The molecule has 0 unspecified atom stereocenters. The maximum absolute atomic E-state index is 12.8. The lowest BCUT2D eigenvalue weighted by atomic mass is 10.1. The van der Waals surface area contributed by atoms with Crippen molar-refractivity contribution in [2.24, 2.45) is 0 Å². The lowest BCUT2D eigenvalue weighted by molar-refractivity contribution is -0.137. The van der Waals surface area contributed by atoms with Crippen LogP contribution in [-0.2, 0) is 6.18 Å². The first-order valence-corrected chi connectivity index (χ1v) is 6.97. The van der Waals surface area contributed by atoms with E-state index < -0.39 is 11.7 Å². The van der Waals surface area contributed by atoms with Crippen molar-refractivity contribution in [3.63, 3.8) is 0 Å². The molecular weight excluding hydrogens is 321 g/mol. The molecule has 3 aromatic rings. The zero-order valence-electron chi connectivity index (χ0n) is 12.6. The largest absolute Gasteiger partial charge is 0.497 e. The molecule has 0 radical (unpaired) electrons. The van der Waals surface area contributed by atoms with Crippen molar-refractivity contribution in [2.75, 3.05) is 12.4 Å². The first-order chi connectivity index (χ1) is 11.5. The molecule has 0 fully saturated rings. The Labute approximate surface area is 135 Å². The molecule has 8 heteroatoms. The molecule has 1 aromatic heterocycles. The summed E-state index contributed by atoms with van der Waals surface area (Å²) in [4.78, 5) is 4.17. The fourth-order valence-corrected chi connectivity index (χ4v) is 2.09. The van der Waals surface area contributed by atoms with Gasteiger partial charge in [0.25, 0.3) is 0 Å². The number of nitrogens with zero attached hydrogens (tertiary/aromatic N) is 2. The third-order valence-electron chi connectivity index (χ3n) is 3.29. The Hall–Kier alpha value is -3.03. The molecule has 0 aliphatic heterocycles. The van der Waals surface area contributed by atoms with Crippen LogP contribution in [0.15, 0.2) is 48.5 Å². The van der Waals surface area contributed by atoms with E-state index in [1.54, 1.807) is 31.4 Å². The van der Waals surface area contributed by atoms with Gasteiger partial charge in [0.05, 0.1) is 12.7 Å². The normalized spacial score (nSPS) is 11.3. The van der Waals surface area contributed by atoms with E-state index in [2.05, 4.69) is 20.5 Å². The Bertz CT molecular complexity index is 828. The van der Waals surface area contributed by atoms with E-state index in [9.17, 15) is 13.2 Å². The van der Waals surface area contributed by atoms with E-state index in [-0.39, 0.29) is 11.8 Å². The molecular formula is C16H13F3N4O. The fraction of sp³-hybridized carbons (Fsp3) is 0.125. The molecule has 24 heavy (non-hydrogen) atoms. The average Bonchev–Trinajstić information content (AvgIpc) is 3.03. The topological polar surface area (TPSA) is 62.8 Å². The number of H-pyrrole nitrogens is 1. The van der Waals surface area contributed by atoms with Crippen LogP contribution in [0.5, 0.6) is 5.75 Å². The fourth-order valence-electron chi connectivity index (χ4n) is 2.09. The Morgan fingerprint density at radius 1 is 1.08 bits per heavy atom. The third-order valence-corrected chi connectivity index (χ3v) is 3.29. The predicted molar refractivity (Wildman–Crippen MR) is 83.1 cm³/mol. The highest BCUT2D eigenvalue weighted by molar-refractivity contribution is 5.60. The summed E-state index contributed by atoms with van der Waals surface area (Å²) in [5.74, 6) is 1.21. The number of rotatable bonds is 4. The van der Waals surface area contributed by atoms with Crippen molar-refractivity contribution in [3.8, 4) is 17.1 Å². The minimum Gasteiger partial charge on any atom is -0.497 e. The van der Waals surface area contributed by atoms with Gasteiger partial charge in [-0.05, 0) is 36.4 Å². The summed E-state index contributed by atoms with van der Waals surface area (Å²) in [6, 6.07) is 12.0. The van der Waals surface area contributed by atoms with Crippen LogP contribution in [0.25, 0.3) is 11.4 Å². The zero-order chi connectivity index (χ0) is 17.2. The van der Waals surface area contributed by atoms with Crippen molar-refractivity contribution in [1.82, 2.24) is 15.2 Å². The highest BCUT2D eigenvalue weighted by Gasteiger charge is 2.30. The number of benzene rings is 2. The lowest BCUT2D eigenvalue weighted by Crippen LogP contribution is -2.04. The van der Waals surface area contributed by atoms with E-state index >= 15 is 0 Å². The minimum absolute atomic E-state index is 0.247. The van der Waals surface area contributed by atoms with Gasteiger partial charge < -0.3 is 10.1 Å². The molecule has 0 spiro atoms. The van der Waals surface area contributed by atoms with Gasteiger partial charge >= 0.3 is 6.18 Å². The first kappa shape index (κ1) is 15.9. The van der Waals surface area contributed by atoms with Crippen molar-refractivity contribution in [1.29, 1.82) is 0 Å². The Kier molecular flexibility index (Phi) is 4.11. The van der Waals surface area contributed by atoms with Gasteiger partial charge in [-0.2, -0.15) is 18.2 Å². The number of alkyl halides is 3. The number of anilines is 2. The first-order valence-electron chi connectivity index (χ1n) is 6.97. The maximum Gasteiger partial charge on any atom is 0.416 e. The highest BCUT2D eigenvalue weighted by Crippen LogP contribution is 2.31. The van der Waals surface area contributed by atoms with Gasteiger partial charge in [-0.3, -0.25) is 5.10 Å². The van der Waals surface area contributed by atoms with Crippen LogP contribution in [0, 0.1) is 0 Å². The summed E-state index contributed by atoms with van der Waals surface area (Å²) in [5, 5.41) is 9.55. The smallest absolute Gasteiger partial charge is 0.416 e. The van der Waals surface area contributed by atoms with Gasteiger partial charge in [-0.15, -0.1) is 5.10 Å². The van der Waals surface area contributed by atoms with Gasteiger partial charge in [-0.1, -0.05) is 12.1 Å². The van der Waals surface area contributed by atoms with Crippen LogP contribution in [0.2, 0.25) is 0 Å². The Morgan fingerprint density at radius 2 is 1.83 bits per heavy atom. The molecule has 2 N–H and O–H groups in total. The number of halogens is 3. The average molecular weight is 334 g/mol. The second-order valence-corrected chi connectivity index (χ2v) is 4.94. The molecule has 3 rings (SSSR count). The second-order valence-electron chi connectivity index (χ2n) is 4.94. The van der Waals surface area contributed by atoms with Gasteiger partial charge in [0.15, 0.2) is 5.82 Å². The molecule has 1 heterocycles. The Morgan fingerprint density at radius 3 is 2.50 bits per heavy atom. The van der Waals surface area contributed by atoms with E-state index in [0.717, 1.165) is 17.8 Å². The molecule has 0 bridgehead atoms. The number of hydrogen-bond donors (Lipinski definition) is 2. The van der Waals surface area contributed by atoms with Gasteiger partial charge in [0.1, 0.15) is 5.75 Å². The summed E-state index contributed by atoms with van der Waals surface area (Å²) in [5.41, 5.74) is 0.298. The maximum atomic E-state index is 12.8. The SMILES string of the molecule is COc1ccc(Nc2n[nH]c(-c3cccc(C(F)(F)F)c3)n2)cc1. The molecule has 0 saturated carbocycles. The van der Waals surface area contributed by atoms with Crippen molar-refractivity contribution in [2.45, 2.75) is 6.18 Å². The number of hydrogen-bond acceptors (Lipinski definition) is 4. The summed E-state index contributed by atoms with van der Waals surface area (Å²) in [7, 11) is 1.57. The molecule has 0 atom stereocenters. The van der Waals surface area contributed by atoms with Crippen LogP contribution in [0.4, 0.5) is 24.8 Å².